The highest BCUT2D eigenvalue weighted by molar-refractivity contribution is 5.72. The standard InChI is InChI=1S/C11H21NO2/c1-9(11(13)14-3)10-5-4-7-12(2)8-6-10/h9-10H,4-8H2,1-3H3. The average Bonchev–Trinajstić information content (AvgIpc) is 2.40. The lowest BCUT2D eigenvalue weighted by molar-refractivity contribution is -0.146. The van der Waals surface area contributed by atoms with Gasteiger partial charge in [-0.15, -0.1) is 0 Å². The maximum absolute atomic E-state index is 11.4. The largest absolute Gasteiger partial charge is 0.469 e. The zero-order valence-corrected chi connectivity index (χ0v) is 9.45. The quantitative estimate of drug-likeness (QED) is 0.632. The lowest BCUT2D eigenvalue weighted by atomic mass is 9.88. The van der Waals surface area contributed by atoms with Gasteiger partial charge in [0.1, 0.15) is 0 Å². The number of esters is 1. The van der Waals surface area contributed by atoms with E-state index in [-0.39, 0.29) is 11.9 Å². The molecule has 0 spiro atoms. The van der Waals surface area contributed by atoms with Crippen molar-refractivity contribution in [3.05, 3.63) is 0 Å². The van der Waals surface area contributed by atoms with Gasteiger partial charge in [0.25, 0.3) is 0 Å². The Hall–Kier alpha value is -0.570. The first-order valence-corrected chi connectivity index (χ1v) is 5.41. The molecule has 82 valence electrons. The van der Waals surface area contributed by atoms with Crippen LogP contribution in [0.2, 0.25) is 0 Å². The molecule has 0 aliphatic carbocycles. The molecule has 0 aromatic rings. The van der Waals surface area contributed by atoms with Crippen molar-refractivity contribution in [2.45, 2.75) is 26.2 Å². The molecular weight excluding hydrogens is 178 g/mol. The third-order valence-corrected chi connectivity index (χ3v) is 3.28. The van der Waals surface area contributed by atoms with Crippen LogP contribution < -0.4 is 0 Å². The number of ether oxygens (including phenoxy) is 1. The zero-order valence-electron chi connectivity index (χ0n) is 9.45. The van der Waals surface area contributed by atoms with E-state index in [0.29, 0.717) is 5.92 Å². The molecule has 0 radical (unpaired) electrons. The smallest absolute Gasteiger partial charge is 0.308 e. The molecule has 3 heteroatoms. The molecule has 0 aromatic carbocycles. The first kappa shape index (κ1) is 11.5. The second-order valence-corrected chi connectivity index (χ2v) is 4.31. The molecule has 0 saturated carbocycles. The van der Waals surface area contributed by atoms with E-state index in [9.17, 15) is 4.79 Å². The fraction of sp³-hybridized carbons (Fsp3) is 0.909. The Morgan fingerprint density at radius 3 is 2.79 bits per heavy atom. The number of carbonyl (C=O) groups excluding carboxylic acids is 1. The van der Waals surface area contributed by atoms with Gasteiger partial charge in [0.2, 0.25) is 0 Å². The Labute approximate surface area is 86.4 Å². The van der Waals surface area contributed by atoms with Crippen LogP contribution in [-0.2, 0) is 9.53 Å². The first-order chi connectivity index (χ1) is 6.65. The van der Waals surface area contributed by atoms with Crippen molar-refractivity contribution < 1.29 is 9.53 Å². The minimum Gasteiger partial charge on any atom is -0.469 e. The molecule has 1 saturated heterocycles. The molecule has 14 heavy (non-hydrogen) atoms. The van der Waals surface area contributed by atoms with Crippen LogP contribution in [0.5, 0.6) is 0 Å². The molecule has 1 heterocycles. The number of rotatable bonds is 2. The number of carbonyl (C=O) groups is 1. The summed E-state index contributed by atoms with van der Waals surface area (Å²) in [5.74, 6) is 0.512. The predicted octanol–water partition coefficient (Wildman–Crippen LogP) is 1.53. The van der Waals surface area contributed by atoms with Crippen molar-refractivity contribution in [3.63, 3.8) is 0 Å². The van der Waals surface area contributed by atoms with Gasteiger partial charge < -0.3 is 9.64 Å². The highest BCUT2D eigenvalue weighted by Gasteiger charge is 2.26. The summed E-state index contributed by atoms with van der Waals surface area (Å²) in [6, 6.07) is 0. The van der Waals surface area contributed by atoms with E-state index in [4.69, 9.17) is 4.74 Å². The van der Waals surface area contributed by atoms with Gasteiger partial charge in [-0.05, 0) is 45.3 Å². The Kier molecular flexibility index (Phi) is 4.39. The number of nitrogens with zero attached hydrogens (tertiary/aromatic N) is 1. The van der Waals surface area contributed by atoms with E-state index >= 15 is 0 Å². The highest BCUT2D eigenvalue weighted by atomic mass is 16.5. The molecule has 0 bridgehead atoms. The number of likely N-dealkylation sites (tertiary alicyclic amines) is 1. The molecule has 1 fully saturated rings. The maximum atomic E-state index is 11.4. The Morgan fingerprint density at radius 1 is 1.43 bits per heavy atom. The third kappa shape index (κ3) is 2.98. The summed E-state index contributed by atoms with van der Waals surface area (Å²) in [5, 5.41) is 0. The fourth-order valence-electron chi connectivity index (χ4n) is 2.14. The lowest BCUT2D eigenvalue weighted by Crippen LogP contribution is -2.24. The zero-order chi connectivity index (χ0) is 10.6. The van der Waals surface area contributed by atoms with E-state index in [1.807, 2.05) is 6.92 Å². The number of hydrogen-bond acceptors (Lipinski definition) is 3. The fourth-order valence-corrected chi connectivity index (χ4v) is 2.14. The summed E-state index contributed by atoms with van der Waals surface area (Å²) in [6.07, 6.45) is 3.47. The van der Waals surface area contributed by atoms with Crippen LogP contribution in [0, 0.1) is 11.8 Å². The Morgan fingerprint density at radius 2 is 2.14 bits per heavy atom. The van der Waals surface area contributed by atoms with Crippen LogP contribution in [0.4, 0.5) is 0 Å². The maximum Gasteiger partial charge on any atom is 0.308 e. The van der Waals surface area contributed by atoms with Gasteiger partial charge in [0, 0.05) is 0 Å². The van der Waals surface area contributed by atoms with Gasteiger partial charge in [-0.1, -0.05) is 6.92 Å². The minimum absolute atomic E-state index is 0.0560. The van der Waals surface area contributed by atoms with Gasteiger partial charge in [0.15, 0.2) is 0 Å². The molecule has 0 aromatic heterocycles. The van der Waals surface area contributed by atoms with Crippen molar-refractivity contribution in [3.8, 4) is 0 Å². The van der Waals surface area contributed by atoms with Crippen molar-refractivity contribution in [1.82, 2.24) is 4.90 Å². The van der Waals surface area contributed by atoms with E-state index in [1.54, 1.807) is 0 Å². The average molecular weight is 199 g/mol. The topological polar surface area (TPSA) is 29.5 Å². The summed E-state index contributed by atoms with van der Waals surface area (Å²) < 4.78 is 4.78. The van der Waals surface area contributed by atoms with Crippen LogP contribution >= 0.6 is 0 Å². The normalized spacial score (nSPS) is 26.6. The second kappa shape index (κ2) is 5.35. The van der Waals surface area contributed by atoms with Gasteiger partial charge in [-0.25, -0.2) is 0 Å². The SMILES string of the molecule is COC(=O)C(C)C1CCCN(C)CC1. The van der Waals surface area contributed by atoms with Gasteiger partial charge >= 0.3 is 5.97 Å². The van der Waals surface area contributed by atoms with Crippen molar-refractivity contribution in [1.29, 1.82) is 0 Å². The predicted molar refractivity (Wildman–Crippen MR) is 56.0 cm³/mol. The molecular formula is C11H21NO2. The Balaban J connectivity index is 2.46. The van der Waals surface area contributed by atoms with Crippen LogP contribution in [0.15, 0.2) is 0 Å². The van der Waals surface area contributed by atoms with Crippen molar-refractivity contribution in [2.75, 3.05) is 27.2 Å². The molecule has 2 unspecified atom stereocenters. The van der Waals surface area contributed by atoms with Gasteiger partial charge in [-0.2, -0.15) is 0 Å². The van der Waals surface area contributed by atoms with E-state index < -0.39 is 0 Å². The molecule has 2 atom stereocenters. The second-order valence-electron chi connectivity index (χ2n) is 4.31. The monoisotopic (exact) mass is 199 g/mol. The minimum atomic E-state index is -0.0560. The third-order valence-electron chi connectivity index (χ3n) is 3.28. The highest BCUT2D eigenvalue weighted by Crippen LogP contribution is 2.25. The molecule has 1 rings (SSSR count). The van der Waals surface area contributed by atoms with Crippen LogP contribution in [0.3, 0.4) is 0 Å². The summed E-state index contributed by atoms with van der Waals surface area (Å²) in [4.78, 5) is 13.7. The van der Waals surface area contributed by atoms with Gasteiger partial charge in [-0.3, -0.25) is 4.79 Å². The van der Waals surface area contributed by atoms with E-state index in [1.165, 1.54) is 13.5 Å². The van der Waals surface area contributed by atoms with Crippen LogP contribution in [0.1, 0.15) is 26.2 Å². The molecule has 1 aliphatic heterocycles. The van der Waals surface area contributed by atoms with E-state index in [0.717, 1.165) is 25.9 Å². The summed E-state index contributed by atoms with van der Waals surface area (Å²) in [6.45, 7) is 4.25. The lowest BCUT2D eigenvalue weighted by Gasteiger charge is -2.20. The summed E-state index contributed by atoms with van der Waals surface area (Å²) >= 11 is 0. The molecule has 0 amide bonds. The molecule has 0 N–H and O–H groups in total. The molecule has 3 nitrogen and oxygen atoms in total. The number of hydrogen-bond donors (Lipinski definition) is 0. The van der Waals surface area contributed by atoms with Crippen molar-refractivity contribution in [2.24, 2.45) is 11.8 Å². The van der Waals surface area contributed by atoms with Gasteiger partial charge in [0.05, 0.1) is 13.0 Å². The Bertz CT molecular complexity index is 194. The van der Waals surface area contributed by atoms with Crippen LogP contribution in [0.25, 0.3) is 0 Å². The summed E-state index contributed by atoms with van der Waals surface area (Å²) in [5.41, 5.74) is 0. The van der Waals surface area contributed by atoms with E-state index in [2.05, 4.69) is 11.9 Å². The van der Waals surface area contributed by atoms with Crippen molar-refractivity contribution >= 4 is 5.97 Å². The van der Waals surface area contributed by atoms with Crippen LogP contribution in [-0.4, -0.2) is 38.1 Å². The first-order valence-electron chi connectivity index (χ1n) is 5.41. The summed E-state index contributed by atoms with van der Waals surface area (Å²) in [7, 11) is 3.62. The molecule has 1 aliphatic rings. The number of methoxy groups -OCH3 is 1.